The Hall–Kier alpha value is -2.02. The van der Waals surface area contributed by atoms with Crippen LogP contribution in [0.25, 0.3) is 0 Å². The predicted octanol–water partition coefficient (Wildman–Crippen LogP) is 4.14. The number of carbonyl (C=O) groups is 2. The predicted molar refractivity (Wildman–Crippen MR) is 127 cm³/mol. The van der Waals surface area contributed by atoms with E-state index in [4.69, 9.17) is 23.2 Å². The van der Waals surface area contributed by atoms with Gasteiger partial charge in [0.1, 0.15) is 0 Å². The number of nitrogens with one attached hydrogen (secondary N) is 1. The van der Waals surface area contributed by atoms with Crippen LogP contribution >= 0.6 is 23.2 Å². The molecule has 0 aliphatic carbocycles. The first kappa shape index (κ1) is 27.0. The van der Waals surface area contributed by atoms with Crippen molar-refractivity contribution in [2.24, 2.45) is 0 Å². The number of likely N-dealkylation sites (N-methyl/N-ethyl adjacent to an activating group) is 2. The van der Waals surface area contributed by atoms with E-state index in [1.54, 1.807) is 21.9 Å². The summed E-state index contributed by atoms with van der Waals surface area (Å²) in [5, 5.41) is 4.21. The zero-order valence-corrected chi connectivity index (χ0v) is 20.6. The second kappa shape index (κ2) is 11.6. The number of allylic oxidation sites excluding steroid dienone is 2. The van der Waals surface area contributed by atoms with Gasteiger partial charge in [0.2, 0.25) is 0 Å². The van der Waals surface area contributed by atoms with Crippen molar-refractivity contribution >= 4 is 35.0 Å². The Labute approximate surface area is 195 Å². The first-order valence-corrected chi connectivity index (χ1v) is 11.2. The fourth-order valence-electron chi connectivity index (χ4n) is 3.97. The highest BCUT2D eigenvalue weighted by Gasteiger charge is 2.39. The number of hydrogen-bond donors (Lipinski definition) is 1. The molecule has 2 rings (SSSR count). The molecule has 0 aromatic heterocycles. The lowest BCUT2D eigenvalue weighted by atomic mass is 9.79. The van der Waals surface area contributed by atoms with Crippen molar-refractivity contribution in [3.63, 3.8) is 0 Å². The number of carbonyl (C=O) groups excluding carboxylic acids is 2. The van der Waals surface area contributed by atoms with Crippen molar-refractivity contribution in [3.8, 4) is 0 Å². The first-order valence-electron chi connectivity index (χ1n) is 10.4. The van der Waals surface area contributed by atoms with Gasteiger partial charge in [0, 0.05) is 64.7 Å². The summed E-state index contributed by atoms with van der Waals surface area (Å²) in [6.45, 7) is 13.8. The van der Waals surface area contributed by atoms with Gasteiger partial charge in [-0.05, 0) is 59.2 Å². The van der Waals surface area contributed by atoms with Gasteiger partial charge in [-0.3, -0.25) is 9.59 Å². The van der Waals surface area contributed by atoms with E-state index in [-0.39, 0.29) is 17.3 Å². The number of hydrogen-bond acceptors (Lipinski definition) is 3. The molecule has 0 fully saturated rings. The third-order valence-corrected chi connectivity index (χ3v) is 6.16. The molecule has 6 nitrogen and oxygen atoms in total. The zero-order valence-electron chi connectivity index (χ0n) is 19.1. The molecule has 0 bridgehead atoms. The molecule has 2 amide bonds. The van der Waals surface area contributed by atoms with Crippen LogP contribution in [0.1, 0.15) is 53.0 Å². The third-order valence-electron chi connectivity index (χ3n) is 5.60. The number of dihydropyridines is 1. The smallest absolute Gasteiger partial charge is 0.252 e. The highest BCUT2D eigenvalue weighted by molar-refractivity contribution is 6.35. The quantitative estimate of drug-likeness (QED) is 0.650. The summed E-state index contributed by atoms with van der Waals surface area (Å²) in [5.41, 5.74) is 3.26. The first-order chi connectivity index (χ1) is 14.2. The Morgan fingerprint density at radius 1 is 0.871 bits per heavy atom. The topological polar surface area (TPSA) is 84.2 Å². The molecular formula is C23H33Cl2N3O3. The highest BCUT2D eigenvalue weighted by Crippen LogP contribution is 2.42. The van der Waals surface area contributed by atoms with Crippen LogP contribution in [0.3, 0.4) is 0 Å². The second-order valence-electron chi connectivity index (χ2n) is 7.26. The molecular weight excluding hydrogens is 437 g/mol. The normalized spacial score (nSPS) is 14.2. The highest BCUT2D eigenvalue weighted by atomic mass is 35.5. The average molecular weight is 470 g/mol. The van der Waals surface area contributed by atoms with Crippen LogP contribution in [0.15, 0.2) is 40.7 Å². The molecule has 0 unspecified atom stereocenters. The van der Waals surface area contributed by atoms with Gasteiger partial charge in [0.05, 0.1) is 0 Å². The van der Waals surface area contributed by atoms with Gasteiger partial charge in [-0.15, -0.1) is 0 Å². The van der Waals surface area contributed by atoms with Crippen LogP contribution in [0.2, 0.25) is 10.0 Å². The van der Waals surface area contributed by atoms with Crippen molar-refractivity contribution in [3.05, 3.63) is 56.3 Å². The van der Waals surface area contributed by atoms with E-state index >= 15 is 0 Å². The largest absolute Gasteiger partial charge is 0.412 e. The summed E-state index contributed by atoms with van der Waals surface area (Å²) in [7, 11) is 0. The van der Waals surface area contributed by atoms with E-state index in [2.05, 4.69) is 5.32 Å². The molecule has 1 aromatic carbocycles. The van der Waals surface area contributed by atoms with Gasteiger partial charge in [-0.2, -0.15) is 0 Å². The summed E-state index contributed by atoms with van der Waals surface area (Å²) in [6.07, 6.45) is 0. The summed E-state index contributed by atoms with van der Waals surface area (Å²) < 4.78 is 0. The molecule has 31 heavy (non-hydrogen) atoms. The fourth-order valence-corrected chi connectivity index (χ4v) is 4.49. The Bertz CT molecular complexity index is 842. The molecule has 0 saturated carbocycles. The monoisotopic (exact) mass is 469 g/mol. The van der Waals surface area contributed by atoms with Gasteiger partial charge in [0.15, 0.2) is 0 Å². The Kier molecular flexibility index (Phi) is 10.1. The number of benzene rings is 1. The molecule has 172 valence electrons. The lowest BCUT2D eigenvalue weighted by molar-refractivity contribution is -0.127. The Balaban J connectivity index is 0.00000480. The summed E-state index contributed by atoms with van der Waals surface area (Å²) in [6, 6.07) is 5.21. The minimum atomic E-state index is -0.572. The van der Waals surface area contributed by atoms with E-state index in [0.717, 1.165) is 11.4 Å². The summed E-state index contributed by atoms with van der Waals surface area (Å²) in [5.74, 6) is -0.769. The fraction of sp³-hybridized carbons (Fsp3) is 0.478. The number of rotatable bonds is 7. The number of nitrogens with zero attached hydrogens (tertiary/aromatic N) is 2. The SMILES string of the molecule is CCN(CC)C(=O)C1=C(C)NC(C)=C(C(=O)N(CC)CC)C1c1ccc(Cl)cc1Cl.O. The van der Waals surface area contributed by atoms with Gasteiger partial charge >= 0.3 is 0 Å². The van der Waals surface area contributed by atoms with Crippen molar-refractivity contribution in [2.45, 2.75) is 47.5 Å². The van der Waals surface area contributed by atoms with Crippen LogP contribution < -0.4 is 5.32 Å². The van der Waals surface area contributed by atoms with E-state index in [9.17, 15) is 9.59 Å². The zero-order chi connectivity index (χ0) is 22.6. The minimum Gasteiger partial charge on any atom is -0.412 e. The van der Waals surface area contributed by atoms with Crippen molar-refractivity contribution in [2.75, 3.05) is 26.2 Å². The molecule has 1 heterocycles. The molecule has 8 heteroatoms. The van der Waals surface area contributed by atoms with Crippen LogP contribution in [-0.2, 0) is 9.59 Å². The maximum Gasteiger partial charge on any atom is 0.252 e. The standard InChI is InChI=1S/C23H31Cl2N3O2.H2O/c1-7-27(8-2)22(29)19-14(5)26-15(6)20(23(30)28(9-3)10-4)21(19)17-12-11-16(24)13-18(17)25;/h11-13,21,26H,7-10H2,1-6H3;1H2. The van der Waals surface area contributed by atoms with Crippen LogP contribution in [0, 0.1) is 0 Å². The van der Waals surface area contributed by atoms with E-state index < -0.39 is 5.92 Å². The summed E-state index contributed by atoms with van der Waals surface area (Å²) >= 11 is 12.7. The van der Waals surface area contributed by atoms with Gasteiger partial charge in [-0.25, -0.2) is 0 Å². The third kappa shape index (κ3) is 5.43. The molecule has 0 spiro atoms. The lowest BCUT2D eigenvalue weighted by Gasteiger charge is -2.35. The molecule has 1 aliphatic rings. The van der Waals surface area contributed by atoms with Crippen LogP contribution in [0.4, 0.5) is 0 Å². The van der Waals surface area contributed by atoms with Crippen LogP contribution in [0.5, 0.6) is 0 Å². The molecule has 1 aromatic rings. The number of halogens is 2. The summed E-state index contributed by atoms with van der Waals surface area (Å²) in [4.78, 5) is 30.6. The van der Waals surface area contributed by atoms with E-state index in [1.165, 1.54) is 0 Å². The van der Waals surface area contributed by atoms with Gasteiger partial charge in [0.25, 0.3) is 11.8 Å². The second-order valence-corrected chi connectivity index (χ2v) is 8.10. The number of amides is 2. The molecule has 0 radical (unpaired) electrons. The maximum absolute atomic E-state index is 13.5. The van der Waals surface area contributed by atoms with E-state index in [1.807, 2.05) is 47.6 Å². The average Bonchev–Trinajstić information content (AvgIpc) is 2.69. The molecule has 0 atom stereocenters. The van der Waals surface area contributed by atoms with Crippen molar-refractivity contribution in [1.29, 1.82) is 0 Å². The molecule has 1 aliphatic heterocycles. The van der Waals surface area contributed by atoms with Crippen molar-refractivity contribution < 1.29 is 15.1 Å². The molecule has 0 saturated heterocycles. The van der Waals surface area contributed by atoms with Crippen molar-refractivity contribution in [1.82, 2.24) is 15.1 Å². The lowest BCUT2D eigenvalue weighted by Crippen LogP contribution is -2.42. The van der Waals surface area contributed by atoms with E-state index in [0.29, 0.717) is 52.9 Å². The Morgan fingerprint density at radius 3 is 1.65 bits per heavy atom. The van der Waals surface area contributed by atoms with Gasteiger partial charge < -0.3 is 20.6 Å². The van der Waals surface area contributed by atoms with Gasteiger partial charge in [-0.1, -0.05) is 29.3 Å². The maximum atomic E-state index is 13.5. The van der Waals surface area contributed by atoms with Crippen LogP contribution in [-0.4, -0.2) is 53.3 Å². The molecule has 3 N–H and O–H groups in total. The Morgan fingerprint density at radius 2 is 1.29 bits per heavy atom. The minimum absolute atomic E-state index is 0.